The summed E-state index contributed by atoms with van der Waals surface area (Å²) in [6, 6.07) is 13.1. The van der Waals surface area contributed by atoms with Crippen molar-refractivity contribution in [2.24, 2.45) is 0 Å². The van der Waals surface area contributed by atoms with Crippen LogP contribution in [-0.2, 0) is 4.79 Å². The molecule has 25 heavy (non-hydrogen) atoms. The fourth-order valence-corrected chi connectivity index (χ4v) is 2.41. The Balaban J connectivity index is 1.96. The highest BCUT2D eigenvalue weighted by Crippen LogP contribution is 2.19. The first-order valence-electron chi connectivity index (χ1n) is 8.48. The van der Waals surface area contributed by atoms with Gasteiger partial charge in [-0.15, -0.1) is 0 Å². The lowest BCUT2D eigenvalue weighted by molar-refractivity contribution is -0.128. The summed E-state index contributed by atoms with van der Waals surface area (Å²) >= 11 is 0. The molecule has 0 spiro atoms. The van der Waals surface area contributed by atoms with Gasteiger partial charge in [0.2, 0.25) is 0 Å². The highest BCUT2D eigenvalue weighted by atomic mass is 19.1. The zero-order valence-corrected chi connectivity index (χ0v) is 14.8. The molecule has 2 unspecified atom stereocenters. The lowest BCUT2D eigenvalue weighted by Crippen LogP contribution is -2.39. The summed E-state index contributed by atoms with van der Waals surface area (Å²) in [4.78, 5) is 12.5. The molecule has 134 valence electrons. The number of carbonyl (C=O) groups is 1. The maximum Gasteiger partial charge on any atom is 0.261 e. The van der Waals surface area contributed by atoms with Crippen LogP contribution < -0.4 is 14.8 Å². The molecule has 0 aliphatic heterocycles. The Morgan fingerprint density at radius 1 is 1.04 bits per heavy atom. The molecule has 2 atom stereocenters. The molecule has 2 aromatic carbocycles. The maximum absolute atomic E-state index is 13.0. The summed E-state index contributed by atoms with van der Waals surface area (Å²) in [6.07, 6.45) is -0.116. The average molecular weight is 345 g/mol. The molecule has 0 bridgehead atoms. The predicted octanol–water partition coefficient (Wildman–Crippen LogP) is 4.26. The number of hydrogen-bond donors (Lipinski definition) is 1. The smallest absolute Gasteiger partial charge is 0.261 e. The fraction of sp³-hybridized carbons (Fsp3) is 0.350. The second-order valence-corrected chi connectivity index (χ2v) is 5.70. The van der Waals surface area contributed by atoms with Gasteiger partial charge in [-0.3, -0.25) is 4.79 Å². The van der Waals surface area contributed by atoms with Crippen molar-refractivity contribution in [3.63, 3.8) is 0 Å². The quantitative estimate of drug-likeness (QED) is 0.778. The third-order valence-corrected chi connectivity index (χ3v) is 3.81. The largest absolute Gasteiger partial charge is 0.494 e. The van der Waals surface area contributed by atoms with Crippen molar-refractivity contribution in [3.05, 3.63) is 59.9 Å². The molecule has 5 heteroatoms. The zero-order chi connectivity index (χ0) is 18.2. The van der Waals surface area contributed by atoms with Gasteiger partial charge in [0.05, 0.1) is 12.6 Å². The van der Waals surface area contributed by atoms with Gasteiger partial charge in [0, 0.05) is 0 Å². The molecule has 0 fully saturated rings. The summed E-state index contributed by atoms with van der Waals surface area (Å²) < 4.78 is 24.0. The van der Waals surface area contributed by atoms with E-state index in [-0.39, 0.29) is 17.8 Å². The van der Waals surface area contributed by atoms with Crippen LogP contribution in [0.25, 0.3) is 0 Å². The summed E-state index contributed by atoms with van der Waals surface area (Å²) in [5, 5.41) is 2.95. The SMILES string of the molecule is CCOc1ccc(C(C)NC(=O)C(CC)Oc2ccc(F)cc2)cc1. The van der Waals surface area contributed by atoms with E-state index in [1.807, 2.05) is 45.0 Å². The number of amides is 1. The molecule has 0 aliphatic carbocycles. The third kappa shape index (κ3) is 5.48. The van der Waals surface area contributed by atoms with Crippen LogP contribution >= 0.6 is 0 Å². The average Bonchev–Trinajstić information content (AvgIpc) is 2.62. The molecule has 0 saturated carbocycles. The number of benzene rings is 2. The molecular weight excluding hydrogens is 321 g/mol. The number of nitrogens with one attached hydrogen (secondary N) is 1. The third-order valence-electron chi connectivity index (χ3n) is 3.81. The van der Waals surface area contributed by atoms with E-state index in [0.717, 1.165) is 11.3 Å². The Kier molecular flexibility index (Phi) is 6.81. The summed E-state index contributed by atoms with van der Waals surface area (Å²) in [5.74, 6) is 0.732. The lowest BCUT2D eigenvalue weighted by Gasteiger charge is -2.21. The van der Waals surface area contributed by atoms with E-state index < -0.39 is 6.10 Å². The second-order valence-electron chi connectivity index (χ2n) is 5.70. The van der Waals surface area contributed by atoms with Gasteiger partial charge in [0.25, 0.3) is 5.91 Å². The van der Waals surface area contributed by atoms with E-state index in [1.54, 1.807) is 0 Å². The Morgan fingerprint density at radius 3 is 2.20 bits per heavy atom. The molecule has 1 N–H and O–H groups in total. The van der Waals surface area contributed by atoms with Crippen molar-refractivity contribution < 1.29 is 18.7 Å². The van der Waals surface area contributed by atoms with Crippen molar-refractivity contribution in [1.29, 1.82) is 0 Å². The van der Waals surface area contributed by atoms with Crippen LogP contribution in [0.3, 0.4) is 0 Å². The van der Waals surface area contributed by atoms with E-state index in [1.165, 1.54) is 24.3 Å². The van der Waals surface area contributed by atoms with Crippen molar-refractivity contribution in [3.8, 4) is 11.5 Å². The van der Waals surface area contributed by atoms with Crippen molar-refractivity contribution in [2.45, 2.75) is 39.3 Å². The Morgan fingerprint density at radius 2 is 1.64 bits per heavy atom. The molecular formula is C20H24FNO3. The van der Waals surface area contributed by atoms with Crippen molar-refractivity contribution >= 4 is 5.91 Å². The molecule has 4 nitrogen and oxygen atoms in total. The van der Waals surface area contributed by atoms with Gasteiger partial charge in [-0.05, 0) is 62.2 Å². The van der Waals surface area contributed by atoms with Gasteiger partial charge in [-0.2, -0.15) is 0 Å². The molecule has 0 radical (unpaired) electrons. The standard InChI is InChI=1S/C20H24FNO3/c1-4-19(25-18-12-8-16(21)9-13-18)20(23)22-14(3)15-6-10-17(11-7-15)24-5-2/h6-14,19H,4-5H2,1-3H3,(H,22,23). The molecule has 0 aliphatic rings. The predicted molar refractivity (Wildman–Crippen MR) is 95.3 cm³/mol. The van der Waals surface area contributed by atoms with Crippen LogP contribution in [0, 0.1) is 5.82 Å². The Labute approximate surface area is 148 Å². The molecule has 2 aromatic rings. The topological polar surface area (TPSA) is 47.6 Å². The summed E-state index contributed by atoms with van der Waals surface area (Å²) in [7, 11) is 0. The van der Waals surface area contributed by atoms with Crippen LogP contribution in [0.2, 0.25) is 0 Å². The van der Waals surface area contributed by atoms with Crippen LogP contribution in [-0.4, -0.2) is 18.6 Å². The highest BCUT2D eigenvalue weighted by Gasteiger charge is 2.20. The monoisotopic (exact) mass is 345 g/mol. The Hall–Kier alpha value is -2.56. The summed E-state index contributed by atoms with van der Waals surface area (Å²) in [5.41, 5.74) is 0.980. The van der Waals surface area contributed by atoms with Gasteiger partial charge in [0.15, 0.2) is 6.10 Å². The molecule has 1 amide bonds. The number of halogens is 1. The number of hydrogen-bond acceptors (Lipinski definition) is 3. The normalized spacial score (nSPS) is 13.0. The van der Waals surface area contributed by atoms with E-state index in [9.17, 15) is 9.18 Å². The summed E-state index contributed by atoms with van der Waals surface area (Å²) in [6.45, 7) is 6.33. The first kappa shape index (κ1) is 18.8. The number of rotatable bonds is 8. The van der Waals surface area contributed by atoms with E-state index >= 15 is 0 Å². The van der Waals surface area contributed by atoms with Gasteiger partial charge in [-0.1, -0.05) is 19.1 Å². The molecule has 0 heterocycles. The minimum atomic E-state index is -0.629. The fourth-order valence-electron chi connectivity index (χ4n) is 2.41. The van der Waals surface area contributed by atoms with Gasteiger partial charge in [-0.25, -0.2) is 4.39 Å². The van der Waals surface area contributed by atoms with Crippen molar-refractivity contribution in [1.82, 2.24) is 5.32 Å². The van der Waals surface area contributed by atoms with Crippen LogP contribution in [0.15, 0.2) is 48.5 Å². The van der Waals surface area contributed by atoms with Gasteiger partial charge in [0.1, 0.15) is 17.3 Å². The maximum atomic E-state index is 13.0. The molecule has 0 aromatic heterocycles. The number of ether oxygens (including phenoxy) is 2. The van der Waals surface area contributed by atoms with E-state index in [0.29, 0.717) is 18.8 Å². The lowest BCUT2D eigenvalue weighted by atomic mass is 10.1. The first-order chi connectivity index (χ1) is 12.0. The molecule has 0 saturated heterocycles. The molecule has 2 rings (SSSR count). The van der Waals surface area contributed by atoms with Gasteiger partial charge < -0.3 is 14.8 Å². The Bertz CT molecular complexity index is 670. The van der Waals surface area contributed by atoms with E-state index in [4.69, 9.17) is 9.47 Å². The van der Waals surface area contributed by atoms with Gasteiger partial charge >= 0.3 is 0 Å². The number of carbonyl (C=O) groups excluding carboxylic acids is 1. The van der Waals surface area contributed by atoms with Crippen LogP contribution in [0.4, 0.5) is 4.39 Å². The minimum absolute atomic E-state index is 0.158. The minimum Gasteiger partial charge on any atom is -0.494 e. The van der Waals surface area contributed by atoms with Crippen LogP contribution in [0.5, 0.6) is 11.5 Å². The first-order valence-corrected chi connectivity index (χ1v) is 8.48. The highest BCUT2D eigenvalue weighted by molar-refractivity contribution is 5.81. The van der Waals surface area contributed by atoms with E-state index in [2.05, 4.69) is 5.32 Å². The van der Waals surface area contributed by atoms with Crippen LogP contribution in [0.1, 0.15) is 38.8 Å². The zero-order valence-electron chi connectivity index (χ0n) is 14.8. The second kappa shape index (κ2) is 9.06. The van der Waals surface area contributed by atoms with Crippen molar-refractivity contribution in [2.75, 3.05) is 6.61 Å².